The van der Waals surface area contributed by atoms with Crippen LogP contribution in [-0.2, 0) is 4.57 Å². The fraction of sp³-hybridized carbons (Fsp3) is 0. The van der Waals surface area contributed by atoms with Gasteiger partial charge in [-0.3, -0.25) is 0 Å². The molecule has 0 fully saturated rings. The van der Waals surface area contributed by atoms with Crippen molar-refractivity contribution in [2.24, 2.45) is 0 Å². The van der Waals surface area contributed by atoms with Gasteiger partial charge in [0.15, 0.2) is 0 Å². The zero-order chi connectivity index (χ0) is 15.2. The molecule has 0 rings (SSSR count). The van der Waals surface area contributed by atoms with Crippen molar-refractivity contribution in [3.8, 4) is 0 Å². The van der Waals surface area contributed by atoms with Gasteiger partial charge < -0.3 is 64.3 Å². The van der Waals surface area contributed by atoms with Gasteiger partial charge in [-0.15, -0.1) is 0 Å². The first-order chi connectivity index (χ1) is 7.20. The summed E-state index contributed by atoms with van der Waals surface area (Å²) in [7, 11) is -5.39. The van der Waals surface area contributed by atoms with Crippen LogP contribution in [0.15, 0.2) is 0 Å². The Labute approximate surface area is 347 Å². The average Bonchev–Trinajstić information content (AvgIpc) is 1.73. The number of hydrogen-bond acceptors (Lipinski definition) is 13. The summed E-state index contributed by atoms with van der Waals surface area (Å²) in [6.45, 7) is 0. The van der Waals surface area contributed by atoms with E-state index in [4.69, 9.17) is 64.3 Å². The summed E-state index contributed by atoms with van der Waals surface area (Å²) in [6.07, 6.45) is -7.00. The zero-order valence-electron chi connectivity index (χ0n) is 16.3. The van der Waals surface area contributed by atoms with Gasteiger partial charge >= 0.3 is 266 Å². The van der Waals surface area contributed by atoms with E-state index in [9.17, 15) is 0 Å². The minimum Gasteiger partial charge on any atom is -0.822 e. The molecule has 0 aromatic carbocycles. The molecule has 0 unspecified atom stereocenters. The van der Waals surface area contributed by atoms with E-state index in [1.54, 1.807) is 0 Å². The molecule has 0 bridgehead atoms. The molecule has 0 N–H and O–H groups in total. The molecule has 0 aliphatic heterocycles. The van der Waals surface area contributed by atoms with Crippen LogP contribution in [0.4, 0.5) is 14.4 Å². The van der Waals surface area contributed by atoms with Gasteiger partial charge in [0.25, 0.3) is 0 Å². The summed E-state index contributed by atoms with van der Waals surface area (Å²) in [4.78, 5) is 50.6. The smallest absolute Gasteiger partial charge is 0.822 e. The van der Waals surface area contributed by atoms with Crippen LogP contribution in [0.2, 0.25) is 0 Å². The van der Waals surface area contributed by atoms with Crippen molar-refractivity contribution in [3.63, 3.8) is 0 Å². The number of carboxylic acid groups (broad SMARTS) is 6. The molecule has 0 amide bonds. The Hall–Kier alpha value is 6.92. The molecule has 0 spiro atoms. The van der Waals surface area contributed by atoms with Crippen molar-refractivity contribution in [1.82, 2.24) is 0 Å². The van der Waals surface area contributed by atoms with Crippen LogP contribution in [0.5, 0.6) is 0 Å². The second-order valence-corrected chi connectivity index (χ2v) is 2.09. The molecule has 0 heterocycles. The topological polar surface area (TPSA) is 276 Å². The minimum atomic E-state index is -5.39. The van der Waals surface area contributed by atoms with Gasteiger partial charge in [0.05, 0.1) is 0 Å². The van der Waals surface area contributed by atoms with Gasteiger partial charge in [-0.2, -0.15) is 7.82 Å². The zero-order valence-corrected chi connectivity index (χ0v) is 35.1. The van der Waals surface area contributed by atoms with Crippen LogP contribution >= 0.6 is 7.82 Å². The Morgan fingerprint density at radius 1 is 0.423 bits per heavy atom. The van der Waals surface area contributed by atoms with Crippen molar-refractivity contribution >= 4 is 26.3 Å². The molecule has 0 aliphatic rings. The molecule has 0 aromatic heterocycles. The Kier molecular flexibility index (Phi) is 206. The standard InChI is InChI=1S/3CH2O3.9Na.H3O4P/c3*2-1(3)4;;;;;;;;;;1-5(2,3)4/h3*(H2,2,3,4);;;;;;;;;;(H3,1,2,3,4)/q;;;9*+1;/p-9. The Morgan fingerprint density at radius 3 is 0.423 bits per heavy atom. The number of carbonyl (C=O) groups excluding carboxylic acids is 3. The van der Waals surface area contributed by atoms with Crippen molar-refractivity contribution in [3.05, 3.63) is 0 Å². The predicted octanol–water partition coefficient (Wildman–Crippen LogP) is -37.1. The molecule has 0 aromatic rings. The fourth-order valence-electron chi connectivity index (χ4n) is 0. The fourth-order valence-corrected chi connectivity index (χ4v) is 0. The van der Waals surface area contributed by atoms with Gasteiger partial charge in [0.1, 0.15) is 0 Å². The molecule has 0 saturated carbocycles. The maximum Gasteiger partial charge on any atom is 1.00 e. The van der Waals surface area contributed by atoms with Crippen LogP contribution in [0, 0.1) is 0 Å². The van der Waals surface area contributed by atoms with Crippen LogP contribution in [0.1, 0.15) is 0 Å². The molecule has 104 valence electrons. The monoisotopic (exact) mass is 482 g/mol. The Bertz CT molecular complexity index is 237. The quantitative estimate of drug-likeness (QED) is 0.229. The van der Waals surface area contributed by atoms with Gasteiger partial charge in [-0.1, -0.05) is 0 Å². The molecule has 0 aliphatic carbocycles. The largest absolute Gasteiger partial charge is 1.00 e. The van der Waals surface area contributed by atoms with E-state index in [0.717, 1.165) is 0 Å². The van der Waals surface area contributed by atoms with Crippen LogP contribution in [-0.4, -0.2) is 18.5 Å². The Morgan fingerprint density at radius 2 is 0.423 bits per heavy atom. The van der Waals surface area contributed by atoms with E-state index in [-0.39, 0.29) is 266 Å². The molecule has 0 atom stereocenters. The van der Waals surface area contributed by atoms with Crippen LogP contribution in [0.25, 0.3) is 0 Å². The maximum absolute atomic E-state index is 8.55. The SMILES string of the molecule is O=C([O-])[O-].O=C([O-])[O-].O=C([O-])[O-].O=P([O-])([O-])[O-].[Na+].[Na+].[Na+].[Na+].[Na+].[Na+].[Na+].[Na+].[Na+]. The van der Waals surface area contributed by atoms with Crippen LogP contribution < -0.4 is 311 Å². The van der Waals surface area contributed by atoms with Gasteiger partial charge in [-0.05, 0) is 18.5 Å². The van der Waals surface area contributed by atoms with Crippen LogP contribution in [0.3, 0.4) is 0 Å². The number of phosphoric acid groups is 1. The number of hydrogen-bond donors (Lipinski definition) is 0. The first-order valence-electron chi connectivity index (χ1n) is 2.57. The third-order valence-electron chi connectivity index (χ3n) is 0. The van der Waals surface area contributed by atoms with Gasteiger partial charge in [0.2, 0.25) is 0 Å². The van der Waals surface area contributed by atoms with Crippen molar-refractivity contribution in [2.45, 2.75) is 0 Å². The van der Waals surface area contributed by atoms with Crippen molar-refractivity contribution in [2.75, 3.05) is 0 Å². The number of carbonyl (C=O) groups is 3. The molecular weight excluding hydrogens is 482 g/mol. The first-order valence-corrected chi connectivity index (χ1v) is 4.03. The molecule has 0 saturated heterocycles. The summed E-state index contributed by atoms with van der Waals surface area (Å²) in [5.41, 5.74) is 0. The molecule has 23 heteroatoms. The van der Waals surface area contributed by atoms with Gasteiger partial charge in [0, 0.05) is 0 Å². The molecule has 13 nitrogen and oxygen atoms in total. The maximum atomic E-state index is 8.55. The van der Waals surface area contributed by atoms with E-state index < -0.39 is 26.3 Å². The first kappa shape index (κ1) is 84.5. The summed E-state index contributed by atoms with van der Waals surface area (Å²) in [6, 6.07) is 0. The normalized spacial score (nSPS) is 5.04. The number of rotatable bonds is 0. The Balaban J connectivity index is -0.00000000709. The minimum absolute atomic E-state index is 0. The molecular formula is C3Na9O13P. The van der Waals surface area contributed by atoms with E-state index in [2.05, 4.69) is 0 Å². The van der Waals surface area contributed by atoms with Crippen molar-refractivity contribution in [1.29, 1.82) is 0 Å². The predicted molar refractivity (Wildman–Crippen MR) is 23.8 cm³/mol. The summed E-state index contributed by atoms with van der Waals surface area (Å²) in [5, 5.41) is 50.0. The van der Waals surface area contributed by atoms with Crippen molar-refractivity contribution < 1.29 is 330 Å². The summed E-state index contributed by atoms with van der Waals surface area (Å²) < 4.78 is 8.55. The average molecular weight is 482 g/mol. The van der Waals surface area contributed by atoms with Gasteiger partial charge in [-0.25, -0.2) is 0 Å². The van der Waals surface area contributed by atoms with E-state index in [0.29, 0.717) is 0 Å². The third kappa shape index (κ3) is 578. The summed E-state index contributed by atoms with van der Waals surface area (Å²) >= 11 is 0. The second kappa shape index (κ2) is 63.5. The van der Waals surface area contributed by atoms with E-state index >= 15 is 0 Å². The van der Waals surface area contributed by atoms with E-state index in [1.165, 1.54) is 0 Å². The third-order valence-corrected chi connectivity index (χ3v) is 0. The molecule has 26 heavy (non-hydrogen) atoms. The second-order valence-electron chi connectivity index (χ2n) is 1.20. The van der Waals surface area contributed by atoms with E-state index in [1.807, 2.05) is 0 Å². The molecule has 0 radical (unpaired) electrons. The summed E-state index contributed by atoms with van der Waals surface area (Å²) in [5.74, 6) is 0.